The number of rotatable bonds is 4. The van der Waals surface area contributed by atoms with Gasteiger partial charge in [-0.15, -0.1) is 5.10 Å². The molecular formula is C17H13ClFN5O. The van der Waals surface area contributed by atoms with Crippen molar-refractivity contribution >= 4 is 23.2 Å². The number of carbonyl (C=O) groups is 1. The molecule has 1 heterocycles. The molecule has 0 radical (unpaired) electrons. The molecule has 0 atom stereocenters. The zero-order valence-electron chi connectivity index (χ0n) is 13.0. The van der Waals surface area contributed by atoms with Gasteiger partial charge in [-0.1, -0.05) is 29.8 Å². The van der Waals surface area contributed by atoms with E-state index in [2.05, 4.69) is 20.8 Å². The molecule has 1 aromatic heterocycles. The Morgan fingerprint density at radius 3 is 2.80 bits per heavy atom. The molecule has 6 nitrogen and oxygen atoms in total. The summed E-state index contributed by atoms with van der Waals surface area (Å²) in [4.78, 5) is 12.4. The van der Waals surface area contributed by atoms with E-state index in [4.69, 9.17) is 11.6 Å². The fourth-order valence-electron chi connectivity index (χ4n) is 2.59. The zero-order chi connectivity index (χ0) is 17.4. The topological polar surface area (TPSA) is 72.7 Å². The van der Waals surface area contributed by atoms with Crippen LogP contribution in [0.2, 0.25) is 5.02 Å². The molecule has 0 aliphatic heterocycles. The number of tetrazole rings is 1. The highest BCUT2D eigenvalue weighted by Gasteiger charge is 2.28. The Bertz CT molecular complexity index is 933. The highest BCUT2D eigenvalue weighted by atomic mass is 35.5. The molecule has 0 unspecified atom stereocenters. The third kappa shape index (κ3) is 3.10. The number of anilines is 1. The maximum atomic E-state index is 13.9. The first kappa shape index (κ1) is 15.7. The molecule has 126 valence electrons. The number of benzene rings is 2. The Kier molecular flexibility index (Phi) is 3.93. The lowest BCUT2D eigenvalue weighted by molar-refractivity contribution is 0.102. The molecule has 1 fully saturated rings. The van der Waals surface area contributed by atoms with Crippen LogP contribution >= 0.6 is 11.6 Å². The molecular weight excluding hydrogens is 345 g/mol. The van der Waals surface area contributed by atoms with Gasteiger partial charge in [0.25, 0.3) is 5.91 Å². The summed E-state index contributed by atoms with van der Waals surface area (Å²) in [5, 5.41) is 14.5. The van der Waals surface area contributed by atoms with E-state index >= 15 is 0 Å². The van der Waals surface area contributed by atoms with Crippen molar-refractivity contribution in [2.24, 2.45) is 0 Å². The third-order valence-electron chi connectivity index (χ3n) is 3.95. The van der Waals surface area contributed by atoms with Crippen molar-refractivity contribution in [1.82, 2.24) is 20.2 Å². The maximum Gasteiger partial charge on any atom is 0.260 e. The number of carbonyl (C=O) groups excluding carboxylic acids is 1. The van der Waals surface area contributed by atoms with Gasteiger partial charge < -0.3 is 5.32 Å². The summed E-state index contributed by atoms with van der Waals surface area (Å²) in [7, 11) is 0. The molecule has 2 aromatic carbocycles. The second-order valence-electron chi connectivity index (χ2n) is 5.81. The third-order valence-corrected chi connectivity index (χ3v) is 4.27. The van der Waals surface area contributed by atoms with Crippen LogP contribution in [0.3, 0.4) is 0 Å². The highest BCUT2D eigenvalue weighted by molar-refractivity contribution is 6.34. The standard InChI is InChI=1S/C17H13ClFN5O/c18-13-5-2-6-14(19)15(13)17(25)20-11-4-1-3-10(9-11)16-21-22-23-24(16)12-7-8-12/h1-6,9,12H,7-8H2,(H,20,25). The molecule has 0 spiro atoms. The largest absolute Gasteiger partial charge is 0.322 e. The second-order valence-corrected chi connectivity index (χ2v) is 6.22. The van der Waals surface area contributed by atoms with E-state index in [1.807, 2.05) is 6.07 Å². The lowest BCUT2D eigenvalue weighted by Crippen LogP contribution is -2.14. The van der Waals surface area contributed by atoms with Crippen molar-refractivity contribution in [3.05, 3.63) is 58.9 Å². The van der Waals surface area contributed by atoms with E-state index in [1.165, 1.54) is 18.2 Å². The van der Waals surface area contributed by atoms with Crippen LogP contribution in [0.15, 0.2) is 42.5 Å². The molecule has 1 saturated carbocycles. The van der Waals surface area contributed by atoms with Gasteiger partial charge in [-0.2, -0.15) is 0 Å². The van der Waals surface area contributed by atoms with Gasteiger partial charge >= 0.3 is 0 Å². The van der Waals surface area contributed by atoms with E-state index in [-0.39, 0.29) is 10.6 Å². The van der Waals surface area contributed by atoms with Crippen LogP contribution in [0.4, 0.5) is 10.1 Å². The monoisotopic (exact) mass is 357 g/mol. The lowest BCUT2D eigenvalue weighted by Gasteiger charge is -2.09. The molecule has 3 aromatic rings. The number of nitrogens with one attached hydrogen (secondary N) is 1. The van der Waals surface area contributed by atoms with E-state index in [0.29, 0.717) is 17.6 Å². The number of halogens is 2. The molecule has 25 heavy (non-hydrogen) atoms. The van der Waals surface area contributed by atoms with E-state index in [1.54, 1.807) is 22.9 Å². The van der Waals surface area contributed by atoms with E-state index in [9.17, 15) is 9.18 Å². The van der Waals surface area contributed by atoms with Crippen LogP contribution < -0.4 is 5.32 Å². The smallest absolute Gasteiger partial charge is 0.260 e. The minimum atomic E-state index is -0.668. The highest BCUT2D eigenvalue weighted by Crippen LogP contribution is 2.36. The summed E-state index contributed by atoms with van der Waals surface area (Å²) in [5.74, 6) is -0.636. The van der Waals surface area contributed by atoms with Crippen molar-refractivity contribution in [2.75, 3.05) is 5.32 Å². The summed E-state index contributed by atoms with van der Waals surface area (Å²) in [6, 6.07) is 11.5. The van der Waals surface area contributed by atoms with Crippen LogP contribution in [0.1, 0.15) is 29.2 Å². The summed E-state index contributed by atoms with van der Waals surface area (Å²) in [5.41, 5.74) is 1.10. The first-order chi connectivity index (χ1) is 12.1. The van der Waals surface area contributed by atoms with Gasteiger partial charge in [0.2, 0.25) is 0 Å². The summed E-state index contributed by atoms with van der Waals surface area (Å²) in [6.45, 7) is 0. The first-order valence-electron chi connectivity index (χ1n) is 7.77. The summed E-state index contributed by atoms with van der Waals surface area (Å²) >= 11 is 5.93. The van der Waals surface area contributed by atoms with E-state index in [0.717, 1.165) is 18.4 Å². The Morgan fingerprint density at radius 1 is 1.24 bits per heavy atom. The van der Waals surface area contributed by atoms with Crippen LogP contribution in [0.5, 0.6) is 0 Å². The quantitative estimate of drug-likeness (QED) is 0.772. The SMILES string of the molecule is O=C(Nc1cccc(-c2nnnn2C2CC2)c1)c1c(F)cccc1Cl. The summed E-state index contributed by atoms with van der Waals surface area (Å²) < 4.78 is 15.7. The van der Waals surface area contributed by atoms with Crippen molar-refractivity contribution in [3.63, 3.8) is 0 Å². The van der Waals surface area contributed by atoms with Crippen LogP contribution in [0.25, 0.3) is 11.4 Å². The van der Waals surface area contributed by atoms with Crippen LogP contribution in [-0.4, -0.2) is 26.1 Å². The van der Waals surface area contributed by atoms with Crippen LogP contribution in [-0.2, 0) is 0 Å². The van der Waals surface area contributed by atoms with Gasteiger partial charge in [0.05, 0.1) is 16.6 Å². The molecule has 8 heteroatoms. The molecule has 1 N–H and O–H groups in total. The fraction of sp³-hybridized carbons (Fsp3) is 0.176. The van der Waals surface area contributed by atoms with Gasteiger partial charge in [-0.3, -0.25) is 4.79 Å². The van der Waals surface area contributed by atoms with E-state index < -0.39 is 11.7 Å². The number of aromatic nitrogens is 4. The van der Waals surface area contributed by atoms with Crippen molar-refractivity contribution in [3.8, 4) is 11.4 Å². The lowest BCUT2D eigenvalue weighted by atomic mass is 10.1. The first-order valence-corrected chi connectivity index (χ1v) is 8.15. The van der Waals surface area contributed by atoms with Gasteiger partial charge in [-0.05, 0) is 47.5 Å². The molecule has 0 bridgehead atoms. The minimum Gasteiger partial charge on any atom is -0.322 e. The summed E-state index contributed by atoms with van der Waals surface area (Å²) in [6.07, 6.45) is 2.11. The number of amides is 1. The number of nitrogens with zero attached hydrogens (tertiary/aromatic N) is 4. The van der Waals surface area contributed by atoms with Crippen LogP contribution in [0, 0.1) is 5.82 Å². The van der Waals surface area contributed by atoms with Gasteiger partial charge in [0.1, 0.15) is 5.82 Å². The minimum absolute atomic E-state index is 0.0614. The Labute approximate surface area is 147 Å². The average molecular weight is 358 g/mol. The predicted molar refractivity (Wildman–Crippen MR) is 90.9 cm³/mol. The maximum absolute atomic E-state index is 13.9. The Balaban J connectivity index is 1.62. The molecule has 1 aliphatic carbocycles. The van der Waals surface area contributed by atoms with Gasteiger partial charge in [-0.25, -0.2) is 9.07 Å². The molecule has 4 rings (SSSR count). The number of hydrogen-bond acceptors (Lipinski definition) is 4. The number of hydrogen-bond donors (Lipinski definition) is 1. The van der Waals surface area contributed by atoms with Crippen molar-refractivity contribution in [2.45, 2.75) is 18.9 Å². The second kappa shape index (κ2) is 6.25. The van der Waals surface area contributed by atoms with Crippen molar-refractivity contribution in [1.29, 1.82) is 0 Å². The fourth-order valence-corrected chi connectivity index (χ4v) is 2.84. The molecule has 1 aliphatic rings. The molecule has 0 saturated heterocycles. The van der Waals surface area contributed by atoms with Gasteiger partial charge in [0.15, 0.2) is 5.82 Å². The normalized spacial score (nSPS) is 13.7. The predicted octanol–water partition coefficient (Wildman–Crippen LogP) is 3.72. The van der Waals surface area contributed by atoms with Gasteiger partial charge in [0, 0.05) is 11.3 Å². The Hall–Kier alpha value is -2.80. The Morgan fingerprint density at radius 2 is 2.04 bits per heavy atom. The average Bonchev–Trinajstić information content (AvgIpc) is 3.31. The zero-order valence-corrected chi connectivity index (χ0v) is 13.7. The molecule has 1 amide bonds. The van der Waals surface area contributed by atoms with Crippen molar-refractivity contribution < 1.29 is 9.18 Å².